The van der Waals surface area contributed by atoms with Gasteiger partial charge < -0.3 is 15.3 Å². The largest absolute Gasteiger partial charge is 0.480 e. The number of nitrogens with zero attached hydrogens (tertiary/aromatic N) is 1. The van der Waals surface area contributed by atoms with Crippen molar-refractivity contribution >= 4 is 23.8 Å². The van der Waals surface area contributed by atoms with Crippen LogP contribution in [0.4, 0.5) is 4.79 Å². The Labute approximate surface area is 106 Å². The average Bonchev–Trinajstić information content (AvgIpc) is 2.70. The fraction of sp³-hybridized carbons (Fsp3) is 0.818. The van der Waals surface area contributed by atoms with E-state index >= 15 is 0 Å². The summed E-state index contributed by atoms with van der Waals surface area (Å²) in [5, 5.41) is 11.6. The summed E-state index contributed by atoms with van der Waals surface area (Å²) in [5.41, 5.74) is 0. The standard InChI is InChI=1S/C11H20N2O3S/c1-8-4-3-6-13(8)11(16)12-9(10(14)15)5-7-17-2/h8-9H,3-7H2,1-2H3,(H,12,16)(H,14,15)/t8?,9-/m0/s1. The quantitative estimate of drug-likeness (QED) is 0.783. The summed E-state index contributed by atoms with van der Waals surface area (Å²) in [7, 11) is 0. The Kier molecular flexibility index (Phi) is 5.61. The first kappa shape index (κ1) is 14.2. The predicted octanol–water partition coefficient (Wildman–Crippen LogP) is 1.39. The number of urea groups is 1. The molecule has 0 saturated carbocycles. The zero-order valence-electron chi connectivity index (χ0n) is 10.3. The van der Waals surface area contributed by atoms with Gasteiger partial charge in [0.2, 0.25) is 0 Å². The number of nitrogens with one attached hydrogen (secondary N) is 1. The summed E-state index contributed by atoms with van der Waals surface area (Å²) in [5.74, 6) is -0.230. The van der Waals surface area contributed by atoms with E-state index in [0.717, 1.165) is 25.1 Å². The van der Waals surface area contributed by atoms with Crippen LogP contribution in [0.15, 0.2) is 0 Å². The number of carboxylic acids is 1. The second-order valence-corrected chi connectivity index (χ2v) is 5.29. The highest BCUT2D eigenvalue weighted by molar-refractivity contribution is 7.98. The van der Waals surface area contributed by atoms with Gasteiger partial charge >= 0.3 is 12.0 Å². The molecule has 1 aliphatic rings. The highest BCUT2D eigenvalue weighted by atomic mass is 32.2. The highest BCUT2D eigenvalue weighted by Gasteiger charge is 2.28. The number of carbonyl (C=O) groups is 2. The van der Waals surface area contributed by atoms with E-state index in [1.807, 2.05) is 13.2 Å². The van der Waals surface area contributed by atoms with Crippen molar-refractivity contribution in [3.8, 4) is 0 Å². The molecule has 2 atom stereocenters. The lowest BCUT2D eigenvalue weighted by molar-refractivity contribution is -0.139. The van der Waals surface area contributed by atoms with Crippen LogP contribution >= 0.6 is 11.8 Å². The fourth-order valence-corrected chi connectivity index (χ4v) is 2.43. The molecule has 2 N–H and O–H groups in total. The van der Waals surface area contributed by atoms with Crippen LogP contribution < -0.4 is 5.32 Å². The molecular formula is C11H20N2O3S. The fourth-order valence-electron chi connectivity index (χ4n) is 1.96. The number of aliphatic carboxylic acids is 1. The Morgan fingerprint density at radius 2 is 2.29 bits per heavy atom. The van der Waals surface area contributed by atoms with E-state index in [1.54, 1.807) is 16.7 Å². The van der Waals surface area contributed by atoms with E-state index in [0.29, 0.717) is 6.42 Å². The lowest BCUT2D eigenvalue weighted by atomic mass is 10.2. The molecule has 6 heteroatoms. The molecule has 2 amide bonds. The van der Waals surface area contributed by atoms with E-state index in [2.05, 4.69) is 5.32 Å². The smallest absolute Gasteiger partial charge is 0.326 e. The molecule has 1 rings (SSSR count). The molecular weight excluding hydrogens is 240 g/mol. The summed E-state index contributed by atoms with van der Waals surface area (Å²) in [6.07, 6.45) is 4.38. The van der Waals surface area contributed by atoms with Gasteiger partial charge in [-0.2, -0.15) is 11.8 Å². The van der Waals surface area contributed by atoms with E-state index in [9.17, 15) is 9.59 Å². The molecule has 0 bridgehead atoms. The summed E-state index contributed by atoms with van der Waals surface area (Å²) in [6.45, 7) is 2.71. The van der Waals surface area contributed by atoms with Gasteiger partial charge in [0.05, 0.1) is 0 Å². The minimum Gasteiger partial charge on any atom is -0.480 e. The van der Waals surface area contributed by atoms with Gasteiger partial charge in [0.1, 0.15) is 6.04 Å². The zero-order valence-corrected chi connectivity index (χ0v) is 11.1. The molecule has 0 aliphatic carbocycles. The minimum atomic E-state index is -0.959. The van der Waals surface area contributed by atoms with Gasteiger partial charge in [0.15, 0.2) is 0 Å². The number of amides is 2. The summed E-state index contributed by atoms with van der Waals surface area (Å²) >= 11 is 1.58. The monoisotopic (exact) mass is 260 g/mol. The molecule has 1 saturated heterocycles. The van der Waals surface area contributed by atoms with E-state index in [-0.39, 0.29) is 12.1 Å². The molecule has 1 unspecified atom stereocenters. The second-order valence-electron chi connectivity index (χ2n) is 4.31. The van der Waals surface area contributed by atoms with Crippen molar-refractivity contribution < 1.29 is 14.7 Å². The van der Waals surface area contributed by atoms with Gasteiger partial charge in [0, 0.05) is 12.6 Å². The normalized spacial score (nSPS) is 21.3. The maximum absolute atomic E-state index is 11.9. The molecule has 0 aromatic carbocycles. The third-order valence-electron chi connectivity index (χ3n) is 3.02. The molecule has 0 aromatic heterocycles. The van der Waals surface area contributed by atoms with Crippen LogP contribution in [0.3, 0.4) is 0 Å². The number of rotatable bonds is 5. The van der Waals surface area contributed by atoms with Crippen LogP contribution in [0.5, 0.6) is 0 Å². The number of likely N-dealkylation sites (tertiary alicyclic amines) is 1. The van der Waals surface area contributed by atoms with Gasteiger partial charge in [-0.25, -0.2) is 9.59 Å². The molecule has 17 heavy (non-hydrogen) atoms. The Morgan fingerprint density at radius 1 is 1.59 bits per heavy atom. The lowest BCUT2D eigenvalue weighted by Gasteiger charge is -2.24. The third kappa shape index (κ3) is 4.11. The maximum atomic E-state index is 11.9. The number of hydrogen-bond donors (Lipinski definition) is 2. The molecule has 98 valence electrons. The van der Waals surface area contributed by atoms with Crippen LogP contribution in [-0.4, -0.2) is 52.6 Å². The topological polar surface area (TPSA) is 69.6 Å². The van der Waals surface area contributed by atoms with Gasteiger partial charge in [-0.1, -0.05) is 0 Å². The Hall–Kier alpha value is -0.910. The van der Waals surface area contributed by atoms with Crippen molar-refractivity contribution in [3.05, 3.63) is 0 Å². The third-order valence-corrected chi connectivity index (χ3v) is 3.66. The summed E-state index contributed by atoms with van der Waals surface area (Å²) < 4.78 is 0. The number of hydrogen-bond acceptors (Lipinski definition) is 3. The van der Waals surface area contributed by atoms with Crippen molar-refractivity contribution in [2.75, 3.05) is 18.6 Å². The number of thioether (sulfide) groups is 1. The maximum Gasteiger partial charge on any atom is 0.326 e. The average molecular weight is 260 g/mol. The van der Waals surface area contributed by atoms with Gasteiger partial charge in [-0.05, 0) is 38.2 Å². The van der Waals surface area contributed by atoms with Crippen LogP contribution in [0.1, 0.15) is 26.2 Å². The molecule has 0 spiro atoms. The van der Waals surface area contributed by atoms with Crippen molar-refractivity contribution in [2.24, 2.45) is 0 Å². The number of carboxylic acid groups (broad SMARTS) is 1. The second kappa shape index (κ2) is 6.74. The van der Waals surface area contributed by atoms with Crippen molar-refractivity contribution in [3.63, 3.8) is 0 Å². The van der Waals surface area contributed by atoms with Crippen molar-refractivity contribution in [2.45, 2.75) is 38.3 Å². The Bertz CT molecular complexity index is 286. The predicted molar refractivity (Wildman–Crippen MR) is 68.4 cm³/mol. The summed E-state index contributed by atoms with van der Waals surface area (Å²) in [4.78, 5) is 24.6. The first-order chi connectivity index (χ1) is 8.06. The molecule has 5 nitrogen and oxygen atoms in total. The van der Waals surface area contributed by atoms with E-state index < -0.39 is 12.0 Å². The highest BCUT2D eigenvalue weighted by Crippen LogP contribution is 2.16. The van der Waals surface area contributed by atoms with E-state index in [1.165, 1.54) is 0 Å². The number of carbonyl (C=O) groups excluding carboxylic acids is 1. The van der Waals surface area contributed by atoms with Crippen LogP contribution in [0, 0.1) is 0 Å². The molecule has 1 aliphatic heterocycles. The Balaban J connectivity index is 2.48. The first-order valence-electron chi connectivity index (χ1n) is 5.85. The van der Waals surface area contributed by atoms with Crippen LogP contribution in [0.2, 0.25) is 0 Å². The van der Waals surface area contributed by atoms with E-state index in [4.69, 9.17) is 5.11 Å². The SMILES string of the molecule is CSCC[C@H](NC(=O)N1CCCC1C)C(=O)O. The molecule has 1 fully saturated rings. The van der Waals surface area contributed by atoms with Gasteiger partial charge in [-0.15, -0.1) is 0 Å². The Morgan fingerprint density at radius 3 is 2.76 bits per heavy atom. The first-order valence-corrected chi connectivity index (χ1v) is 7.24. The van der Waals surface area contributed by atoms with Gasteiger partial charge in [-0.3, -0.25) is 0 Å². The summed E-state index contributed by atoms with van der Waals surface area (Å²) in [6, 6.07) is -0.809. The van der Waals surface area contributed by atoms with Crippen molar-refractivity contribution in [1.82, 2.24) is 10.2 Å². The van der Waals surface area contributed by atoms with Crippen LogP contribution in [0.25, 0.3) is 0 Å². The lowest BCUT2D eigenvalue weighted by Crippen LogP contribution is -2.49. The molecule has 0 radical (unpaired) electrons. The zero-order chi connectivity index (χ0) is 12.8. The molecule has 1 heterocycles. The molecule has 0 aromatic rings. The van der Waals surface area contributed by atoms with Crippen molar-refractivity contribution in [1.29, 1.82) is 0 Å². The van der Waals surface area contributed by atoms with Gasteiger partial charge in [0.25, 0.3) is 0 Å². The van der Waals surface area contributed by atoms with Crippen LogP contribution in [-0.2, 0) is 4.79 Å². The minimum absolute atomic E-state index is 0.213.